The number of carbonyl (C=O) groups excluding carboxylic acids is 1. The van der Waals surface area contributed by atoms with Gasteiger partial charge in [0.2, 0.25) is 5.91 Å². The smallest absolute Gasteiger partial charge is 0.222 e. The minimum Gasteiger partial charge on any atom is -0.393 e. The molecular formula is C15H27NO2. The first-order chi connectivity index (χ1) is 8.59. The molecule has 0 radical (unpaired) electrons. The summed E-state index contributed by atoms with van der Waals surface area (Å²) in [5.74, 6) is 1.48. The molecule has 0 aromatic rings. The lowest BCUT2D eigenvalue weighted by molar-refractivity contribution is -0.136. The van der Waals surface area contributed by atoms with Crippen molar-refractivity contribution in [3.05, 3.63) is 0 Å². The van der Waals surface area contributed by atoms with Crippen LogP contribution in [-0.4, -0.2) is 34.6 Å². The fourth-order valence-corrected chi connectivity index (χ4v) is 3.64. The quantitative estimate of drug-likeness (QED) is 0.821. The third kappa shape index (κ3) is 3.05. The van der Waals surface area contributed by atoms with Gasteiger partial charge in [0.05, 0.1) is 6.10 Å². The molecule has 1 saturated carbocycles. The Hall–Kier alpha value is -0.570. The molecule has 0 spiro atoms. The van der Waals surface area contributed by atoms with Crippen LogP contribution in [0.5, 0.6) is 0 Å². The van der Waals surface area contributed by atoms with E-state index in [2.05, 4.69) is 18.7 Å². The molecule has 3 heteroatoms. The van der Waals surface area contributed by atoms with Crippen molar-refractivity contribution in [2.24, 2.45) is 11.8 Å². The van der Waals surface area contributed by atoms with Gasteiger partial charge in [-0.1, -0.05) is 20.3 Å². The van der Waals surface area contributed by atoms with E-state index in [1.807, 2.05) is 0 Å². The molecule has 0 aromatic heterocycles. The summed E-state index contributed by atoms with van der Waals surface area (Å²) in [6.07, 6.45) is 6.59. The van der Waals surface area contributed by atoms with Crippen molar-refractivity contribution in [1.29, 1.82) is 0 Å². The van der Waals surface area contributed by atoms with E-state index in [4.69, 9.17) is 0 Å². The van der Waals surface area contributed by atoms with E-state index >= 15 is 0 Å². The van der Waals surface area contributed by atoms with Crippen LogP contribution in [-0.2, 0) is 4.79 Å². The van der Waals surface area contributed by atoms with E-state index < -0.39 is 0 Å². The fourth-order valence-electron chi connectivity index (χ4n) is 3.64. The summed E-state index contributed by atoms with van der Waals surface area (Å²) >= 11 is 0. The van der Waals surface area contributed by atoms with Crippen LogP contribution in [0.15, 0.2) is 0 Å². The predicted molar refractivity (Wildman–Crippen MR) is 72.2 cm³/mol. The maximum atomic E-state index is 12.2. The first kappa shape index (κ1) is 13.9. The number of amides is 1. The third-order valence-electron chi connectivity index (χ3n) is 4.71. The zero-order chi connectivity index (χ0) is 13.1. The van der Waals surface area contributed by atoms with Crippen molar-refractivity contribution in [2.45, 2.75) is 70.9 Å². The Bertz CT molecular complexity index is 290. The molecule has 1 aliphatic carbocycles. The molecule has 0 bridgehead atoms. The summed E-state index contributed by atoms with van der Waals surface area (Å²) < 4.78 is 0. The lowest BCUT2D eigenvalue weighted by Crippen LogP contribution is -2.49. The molecule has 18 heavy (non-hydrogen) atoms. The van der Waals surface area contributed by atoms with Crippen molar-refractivity contribution >= 4 is 5.91 Å². The highest BCUT2D eigenvalue weighted by Gasteiger charge is 2.37. The summed E-state index contributed by atoms with van der Waals surface area (Å²) in [6.45, 7) is 5.40. The number of aliphatic hydroxyl groups excluding tert-OH is 1. The maximum Gasteiger partial charge on any atom is 0.222 e. The summed E-state index contributed by atoms with van der Waals surface area (Å²) in [7, 11) is 0. The van der Waals surface area contributed by atoms with Gasteiger partial charge in [-0.25, -0.2) is 0 Å². The summed E-state index contributed by atoms with van der Waals surface area (Å²) in [4.78, 5) is 14.3. The third-order valence-corrected chi connectivity index (χ3v) is 4.71. The zero-order valence-corrected chi connectivity index (χ0v) is 11.8. The predicted octanol–water partition coefficient (Wildman–Crippen LogP) is 2.57. The van der Waals surface area contributed by atoms with E-state index in [1.54, 1.807) is 0 Å². The van der Waals surface area contributed by atoms with Crippen LogP contribution in [0.25, 0.3) is 0 Å². The number of hydrogen-bond donors (Lipinski definition) is 1. The van der Waals surface area contributed by atoms with Crippen molar-refractivity contribution < 1.29 is 9.90 Å². The van der Waals surface area contributed by atoms with Crippen LogP contribution in [0.4, 0.5) is 0 Å². The summed E-state index contributed by atoms with van der Waals surface area (Å²) in [5, 5.41) is 9.93. The van der Waals surface area contributed by atoms with Crippen molar-refractivity contribution in [2.75, 3.05) is 6.54 Å². The normalized spacial score (nSPS) is 34.8. The molecule has 1 saturated heterocycles. The number of nitrogens with zero attached hydrogens (tertiary/aromatic N) is 1. The molecule has 1 aliphatic heterocycles. The summed E-state index contributed by atoms with van der Waals surface area (Å²) in [6, 6.07) is 0.277. The Morgan fingerprint density at radius 1 is 1.22 bits per heavy atom. The molecule has 104 valence electrons. The van der Waals surface area contributed by atoms with E-state index in [0.29, 0.717) is 24.2 Å². The van der Waals surface area contributed by atoms with Crippen LogP contribution >= 0.6 is 0 Å². The zero-order valence-electron chi connectivity index (χ0n) is 11.8. The van der Waals surface area contributed by atoms with Crippen molar-refractivity contribution in [3.63, 3.8) is 0 Å². The number of hydrogen-bond acceptors (Lipinski definition) is 2. The number of rotatable bonds is 2. The lowest BCUT2D eigenvalue weighted by atomic mass is 9.76. The van der Waals surface area contributed by atoms with Crippen molar-refractivity contribution in [1.82, 2.24) is 4.90 Å². The molecule has 3 nitrogen and oxygen atoms in total. The van der Waals surface area contributed by atoms with Gasteiger partial charge in [-0.15, -0.1) is 0 Å². The summed E-state index contributed by atoms with van der Waals surface area (Å²) in [5.41, 5.74) is 0. The largest absolute Gasteiger partial charge is 0.393 e. The van der Waals surface area contributed by atoms with E-state index in [1.165, 1.54) is 6.42 Å². The fraction of sp³-hybridized carbons (Fsp3) is 0.933. The van der Waals surface area contributed by atoms with Crippen LogP contribution in [0.3, 0.4) is 0 Å². The average Bonchev–Trinajstić information content (AvgIpc) is 2.53. The molecule has 1 amide bonds. The minimum atomic E-state index is -0.207. The van der Waals surface area contributed by atoms with E-state index in [9.17, 15) is 9.90 Å². The molecule has 0 aromatic carbocycles. The lowest BCUT2D eigenvalue weighted by Gasteiger charge is -2.43. The number of likely N-dealkylation sites (tertiary alicyclic amines) is 1. The van der Waals surface area contributed by atoms with Crippen LogP contribution in [0, 0.1) is 11.8 Å². The van der Waals surface area contributed by atoms with E-state index in [-0.39, 0.29) is 12.1 Å². The van der Waals surface area contributed by atoms with Crippen LogP contribution in [0.2, 0.25) is 0 Å². The Labute approximate surface area is 111 Å². The first-order valence-corrected chi connectivity index (χ1v) is 7.57. The number of aliphatic hydroxyl groups is 1. The van der Waals surface area contributed by atoms with Gasteiger partial charge in [-0.2, -0.15) is 0 Å². The Kier molecular flexibility index (Phi) is 4.66. The molecule has 1 heterocycles. The second kappa shape index (κ2) is 6.05. The van der Waals surface area contributed by atoms with E-state index in [0.717, 1.165) is 38.6 Å². The van der Waals surface area contributed by atoms with Crippen LogP contribution in [0.1, 0.15) is 58.8 Å². The molecular weight excluding hydrogens is 226 g/mol. The van der Waals surface area contributed by atoms with Gasteiger partial charge in [-0.05, 0) is 43.9 Å². The SMILES string of the molecule is CC(C)C1CCC(O)CC1N1CCCCCC1=O. The molecule has 1 N–H and O–H groups in total. The second-order valence-electron chi connectivity index (χ2n) is 6.34. The highest BCUT2D eigenvalue weighted by molar-refractivity contribution is 5.76. The molecule has 3 unspecified atom stereocenters. The Morgan fingerprint density at radius 3 is 2.72 bits per heavy atom. The van der Waals surface area contributed by atoms with Gasteiger partial charge in [0.25, 0.3) is 0 Å². The standard InChI is InChI=1S/C15H27NO2/c1-11(2)13-8-7-12(17)10-14(13)16-9-5-3-4-6-15(16)18/h11-14,17H,3-10H2,1-2H3. The van der Waals surface area contributed by atoms with Gasteiger partial charge >= 0.3 is 0 Å². The topological polar surface area (TPSA) is 40.5 Å². The number of carbonyl (C=O) groups is 1. The first-order valence-electron chi connectivity index (χ1n) is 7.57. The Morgan fingerprint density at radius 2 is 2.00 bits per heavy atom. The van der Waals surface area contributed by atoms with Crippen LogP contribution < -0.4 is 0 Å². The second-order valence-corrected chi connectivity index (χ2v) is 6.34. The highest BCUT2D eigenvalue weighted by Crippen LogP contribution is 2.35. The minimum absolute atomic E-state index is 0.207. The van der Waals surface area contributed by atoms with Gasteiger partial charge < -0.3 is 10.0 Å². The monoisotopic (exact) mass is 253 g/mol. The van der Waals surface area contributed by atoms with Gasteiger partial charge in [-0.3, -0.25) is 4.79 Å². The van der Waals surface area contributed by atoms with Gasteiger partial charge in [0.1, 0.15) is 0 Å². The average molecular weight is 253 g/mol. The molecule has 2 aliphatic rings. The Balaban J connectivity index is 2.12. The highest BCUT2D eigenvalue weighted by atomic mass is 16.3. The molecule has 3 atom stereocenters. The van der Waals surface area contributed by atoms with Gasteiger partial charge in [0, 0.05) is 19.0 Å². The molecule has 2 fully saturated rings. The molecule has 2 rings (SSSR count). The van der Waals surface area contributed by atoms with Gasteiger partial charge in [0.15, 0.2) is 0 Å². The maximum absolute atomic E-state index is 12.2. The van der Waals surface area contributed by atoms with Crippen molar-refractivity contribution in [3.8, 4) is 0 Å².